The van der Waals surface area contributed by atoms with Gasteiger partial charge in [-0.05, 0) is 61.2 Å². The van der Waals surface area contributed by atoms with E-state index in [1.165, 1.54) is 25.7 Å². The van der Waals surface area contributed by atoms with E-state index in [-0.39, 0.29) is 0 Å². The van der Waals surface area contributed by atoms with Crippen LogP contribution in [0.3, 0.4) is 0 Å². The fourth-order valence-corrected chi connectivity index (χ4v) is 6.21. The summed E-state index contributed by atoms with van der Waals surface area (Å²) in [6.07, 6.45) is 11.1. The van der Waals surface area contributed by atoms with Crippen LogP contribution in [-0.2, 0) is 9.47 Å². The van der Waals surface area contributed by atoms with E-state index in [1.54, 1.807) is 0 Å². The van der Waals surface area contributed by atoms with Gasteiger partial charge in [0.1, 0.15) is 0 Å². The van der Waals surface area contributed by atoms with Crippen LogP contribution in [0.25, 0.3) is 0 Å². The van der Waals surface area contributed by atoms with E-state index in [2.05, 4.69) is 19.1 Å². The summed E-state index contributed by atoms with van der Waals surface area (Å²) in [4.78, 5) is 0. The molecular formula is C18H26O2. The van der Waals surface area contributed by atoms with Crippen molar-refractivity contribution in [2.45, 2.75) is 38.7 Å². The van der Waals surface area contributed by atoms with E-state index in [0.717, 1.165) is 55.3 Å². The Labute approximate surface area is 121 Å². The quantitative estimate of drug-likeness (QED) is 0.578. The first kappa shape index (κ1) is 12.2. The first-order chi connectivity index (χ1) is 9.80. The van der Waals surface area contributed by atoms with E-state index in [9.17, 15) is 0 Å². The predicted octanol–water partition coefficient (Wildman–Crippen LogP) is 3.28. The van der Waals surface area contributed by atoms with Crippen molar-refractivity contribution in [3.8, 4) is 0 Å². The zero-order valence-corrected chi connectivity index (χ0v) is 12.5. The van der Waals surface area contributed by atoms with Gasteiger partial charge in [0.2, 0.25) is 0 Å². The molecule has 0 radical (unpaired) electrons. The summed E-state index contributed by atoms with van der Waals surface area (Å²) in [7, 11) is 0. The molecule has 5 rings (SSSR count). The van der Waals surface area contributed by atoms with Crippen molar-refractivity contribution in [2.24, 2.45) is 40.9 Å². The van der Waals surface area contributed by atoms with Crippen LogP contribution in [0, 0.1) is 40.9 Å². The lowest BCUT2D eigenvalue weighted by atomic mass is 9.72. The van der Waals surface area contributed by atoms with Gasteiger partial charge < -0.3 is 9.47 Å². The summed E-state index contributed by atoms with van der Waals surface area (Å²) in [5, 5.41) is 0. The Morgan fingerprint density at radius 2 is 1.90 bits per heavy atom. The molecule has 0 N–H and O–H groups in total. The highest BCUT2D eigenvalue weighted by atomic mass is 16.5. The summed E-state index contributed by atoms with van der Waals surface area (Å²) < 4.78 is 11.9. The highest BCUT2D eigenvalue weighted by molar-refractivity contribution is 5.21. The van der Waals surface area contributed by atoms with Gasteiger partial charge in [-0.2, -0.15) is 0 Å². The number of hydrogen-bond acceptors (Lipinski definition) is 2. The Kier molecular flexibility index (Phi) is 2.51. The van der Waals surface area contributed by atoms with Gasteiger partial charge in [-0.1, -0.05) is 19.1 Å². The maximum atomic E-state index is 6.45. The third-order valence-corrected chi connectivity index (χ3v) is 7.38. The second-order valence-corrected chi connectivity index (χ2v) is 8.19. The minimum atomic E-state index is 0.357. The Balaban J connectivity index is 1.28. The fraction of sp³-hybridized carbons (Fsp3) is 0.889. The molecule has 0 aromatic rings. The summed E-state index contributed by atoms with van der Waals surface area (Å²) in [6, 6.07) is 0. The third-order valence-electron chi connectivity index (χ3n) is 7.38. The van der Waals surface area contributed by atoms with Crippen molar-refractivity contribution in [3.63, 3.8) is 0 Å². The zero-order valence-electron chi connectivity index (χ0n) is 12.5. The van der Waals surface area contributed by atoms with Crippen LogP contribution in [0.2, 0.25) is 0 Å². The van der Waals surface area contributed by atoms with E-state index < -0.39 is 0 Å². The van der Waals surface area contributed by atoms with Crippen LogP contribution >= 0.6 is 0 Å². The molecule has 1 saturated heterocycles. The van der Waals surface area contributed by atoms with Crippen molar-refractivity contribution >= 4 is 0 Å². The number of hydrogen-bond donors (Lipinski definition) is 0. The first-order valence-corrected chi connectivity index (χ1v) is 8.67. The average Bonchev–Trinajstić information content (AvgIpc) is 3.16. The van der Waals surface area contributed by atoms with E-state index in [4.69, 9.17) is 9.47 Å². The fourth-order valence-electron chi connectivity index (χ4n) is 6.21. The molecule has 7 unspecified atom stereocenters. The van der Waals surface area contributed by atoms with Crippen molar-refractivity contribution in [3.05, 3.63) is 12.2 Å². The van der Waals surface area contributed by atoms with Crippen LogP contribution < -0.4 is 0 Å². The summed E-state index contributed by atoms with van der Waals surface area (Å²) in [6.45, 7) is 5.07. The summed E-state index contributed by atoms with van der Waals surface area (Å²) in [5.74, 6) is 5.69. The van der Waals surface area contributed by atoms with Crippen LogP contribution in [0.4, 0.5) is 0 Å². The number of rotatable bonds is 4. The number of allylic oxidation sites excluding steroid dienone is 2. The molecule has 0 aromatic heterocycles. The maximum Gasteiger partial charge on any atom is 0.0609 e. The molecule has 4 fully saturated rings. The summed E-state index contributed by atoms with van der Waals surface area (Å²) in [5.41, 5.74) is 0.357. The Morgan fingerprint density at radius 3 is 2.60 bits per heavy atom. The van der Waals surface area contributed by atoms with Crippen LogP contribution in [0.5, 0.6) is 0 Å². The minimum Gasteiger partial charge on any atom is -0.380 e. The maximum absolute atomic E-state index is 6.45. The molecule has 4 bridgehead atoms. The van der Waals surface area contributed by atoms with Crippen LogP contribution in [-0.4, -0.2) is 25.9 Å². The molecule has 2 heteroatoms. The highest BCUT2D eigenvalue weighted by Gasteiger charge is 2.61. The van der Waals surface area contributed by atoms with Gasteiger partial charge in [0, 0.05) is 5.41 Å². The molecule has 0 amide bonds. The Morgan fingerprint density at radius 1 is 1.10 bits per heavy atom. The molecule has 0 spiro atoms. The molecule has 0 aromatic carbocycles. The van der Waals surface area contributed by atoms with Crippen molar-refractivity contribution in [2.75, 3.05) is 19.8 Å². The van der Waals surface area contributed by atoms with Gasteiger partial charge in [0.25, 0.3) is 0 Å². The molecule has 3 saturated carbocycles. The van der Waals surface area contributed by atoms with Crippen LogP contribution in [0.1, 0.15) is 32.6 Å². The minimum absolute atomic E-state index is 0.357. The van der Waals surface area contributed by atoms with Crippen molar-refractivity contribution in [1.82, 2.24) is 0 Å². The largest absolute Gasteiger partial charge is 0.380 e. The van der Waals surface area contributed by atoms with E-state index in [1.807, 2.05) is 0 Å². The standard InChI is InChI=1S/C18H26O2/c1-2-18(8-19-9-18)10-20-15-7-13-6-14(15)17-12-4-3-11(5-12)16(13)17/h3-4,11-17H,2,5-10H2,1H3. The van der Waals surface area contributed by atoms with E-state index >= 15 is 0 Å². The molecule has 5 aliphatic rings. The topological polar surface area (TPSA) is 18.5 Å². The molecule has 1 aliphatic heterocycles. The lowest BCUT2D eigenvalue weighted by Gasteiger charge is -2.43. The average molecular weight is 274 g/mol. The molecular weight excluding hydrogens is 248 g/mol. The lowest BCUT2D eigenvalue weighted by Crippen LogP contribution is -2.47. The smallest absolute Gasteiger partial charge is 0.0609 e. The second-order valence-electron chi connectivity index (χ2n) is 8.19. The predicted molar refractivity (Wildman–Crippen MR) is 77.2 cm³/mol. The first-order valence-electron chi connectivity index (χ1n) is 8.67. The van der Waals surface area contributed by atoms with Crippen LogP contribution in [0.15, 0.2) is 12.2 Å². The molecule has 1 heterocycles. The van der Waals surface area contributed by atoms with Gasteiger partial charge in [-0.3, -0.25) is 0 Å². The third kappa shape index (κ3) is 1.47. The molecule has 110 valence electrons. The van der Waals surface area contributed by atoms with Crippen molar-refractivity contribution < 1.29 is 9.47 Å². The monoisotopic (exact) mass is 274 g/mol. The molecule has 2 nitrogen and oxygen atoms in total. The van der Waals surface area contributed by atoms with E-state index in [0.29, 0.717) is 11.5 Å². The number of fused-ring (bicyclic) bond motifs is 9. The Hall–Kier alpha value is -0.340. The normalized spacial score (nSPS) is 53.4. The lowest BCUT2D eigenvalue weighted by molar-refractivity contribution is -0.168. The molecule has 20 heavy (non-hydrogen) atoms. The van der Waals surface area contributed by atoms with Gasteiger partial charge in [-0.25, -0.2) is 0 Å². The highest BCUT2D eigenvalue weighted by Crippen LogP contribution is 2.65. The van der Waals surface area contributed by atoms with Gasteiger partial charge in [-0.15, -0.1) is 0 Å². The SMILES string of the molecule is CCC1(COC2CC3CC2C2C4C=CC(C4)C32)COC1. The molecule has 7 atom stereocenters. The zero-order chi connectivity index (χ0) is 13.3. The van der Waals surface area contributed by atoms with Gasteiger partial charge >= 0.3 is 0 Å². The second kappa shape index (κ2) is 4.10. The Bertz CT molecular complexity index is 433. The summed E-state index contributed by atoms with van der Waals surface area (Å²) >= 11 is 0. The van der Waals surface area contributed by atoms with Crippen molar-refractivity contribution in [1.29, 1.82) is 0 Å². The van der Waals surface area contributed by atoms with Gasteiger partial charge in [0.15, 0.2) is 0 Å². The molecule has 4 aliphatic carbocycles. The number of ether oxygens (including phenoxy) is 2. The van der Waals surface area contributed by atoms with Gasteiger partial charge in [0.05, 0.1) is 25.9 Å².